The number of hydrogen-bond donors (Lipinski definition) is 1. The monoisotopic (exact) mass is 354 g/mol. The van der Waals surface area contributed by atoms with Crippen LogP contribution in [0.5, 0.6) is 5.75 Å². The van der Waals surface area contributed by atoms with Crippen LogP contribution < -0.4 is 4.74 Å². The predicted octanol–water partition coefficient (Wildman–Crippen LogP) is 5.45. The van der Waals surface area contributed by atoms with Gasteiger partial charge in [-0.25, -0.2) is 4.79 Å². The van der Waals surface area contributed by atoms with Gasteiger partial charge in [0.1, 0.15) is 5.75 Å². The summed E-state index contributed by atoms with van der Waals surface area (Å²) in [5.41, 5.74) is 1.05. The lowest BCUT2D eigenvalue weighted by Crippen LogP contribution is -2.17. The van der Waals surface area contributed by atoms with Gasteiger partial charge in [-0.15, -0.1) is 13.2 Å². The molecule has 0 heterocycles. The van der Waals surface area contributed by atoms with Crippen molar-refractivity contribution in [2.24, 2.45) is 5.92 Å². The Bertz CT molecular complexity index is 610. The van der Waals surface area contributed by atoms with E-state index in [0.717, 1.165) is 43.7 Å². The molecule has 136 valence electrons. The Balaban J connectivity index is 1.79. The van der Waals surface area contributed by atoms with E-state index >= 15 is 0 Å². The normalized spacial score (nSPS) is 21.7. The van der Waals surface area contributed by atoms with Crippen LogP contribution in [-0.2, 0) is 4.79 Å². The van der Waals surface area contributed by atoms with Gasteiger partial charge in [0, 0.05) is 6.08 Å². The first-order valence-electron chi connectivity index (χ1n) is 8.25. The predicted molar refractivity (Wildman–Crippen MR) is 88.4 cm³/mol. The zero-order chi connectivity index (χ0) is 18.3. The molecule has 0 unspecified atom stereocenters. The third kappa shape index (κ3) is 7.03. The highest BCUT2D eigenvalue weighted by molar-refractivity contribution is 5.80. The Kier molecular flexibility index (Phi) is 6.67. The topological polar surface area (TPSA) is 46.5 Å². The van der Waals surface area contributed by atoms with Crippen molar-refractivity contribution in [2.45, 2.75) is 44.4 Å². The van der Waals surface area contributed by atoms with Crippen molar-refractivity contribution in [1.29, 1.82) is 0 Å². The fourth-order valence-electron chi connectivity index (χ4n) is 3.16. The maximum atomic E-state index is 12.2. The highest BCUT2D eigenvalue weighted by Gasteiger charge is 2.31. The Labute approximate surface area is 144 Å². The minimum Gasteiger partial charge on any atom is -0.478 e. The molecular weight excluding hydrogens is 333 g/mol. The molecule has 1 aliphatic carbocycles. The van der Waals surface area contributed by atoms with E-state index in [-0.39, 0.29) is 5.75 Å². The highest BCUT2D eigenvalue weighted by Crippen LogP contribution is 2.37. The number of rotatable bonds is 6. The van der Waals surface area contributed by atoms with Gasteiger partial charge in [0.15, 0.2) is 0 Å². The summed E-state index contributed by atoms with van der Waals surface area (Å²) in [6.07, 6.45) is 6.70. The summed E-state index contributed by atoms with van der Waals surface area (Å²) in [6.45, 7) is 0. The van der Waals surface area contributed by atoms with E-state index in [9.17, 15) is 18.0 Å². The molecule has 0 spiro atoms. The standard InChI is InChI=1S/C19H21F3O3/c20-19(21,22)25-17-12-10-16(11-13-17)15-8-6-14(7-9-15)4-2-1-3-5-18(23)24/h1-3,5,10-15H,4,6-9H2,(H,23,24). The molecule has 0 aliphatic heterocycles. The molecule has 3 nitrogen and oxygen atoms in total. The molecule has 1 aromatic rings. The molecule has 1 saturated carbocycles. The van der Waals surface area contributed by atoms with Crippen molar-refractivity contribution in [3.05, 3.63) is 54.1 Å². The van der Waals surface area contributed by atoms with Gasteiger partial charge in [0.05, 0.1) is 0 Å². The maximum absolute atomic E-state index is 12.2. The van der Waals surface area contributed by atoms with Crippen LogP contribution in [0.4, 0.5) is 13.2 Å². The van der Waals surface area contributed by atoms with Gasteiger partial charge in [-0.1, -0.05) is 30.4 Å². The first-order chi connectivity index (χ1) is 11.8. The molecular formula is C19H21F3O3. The van der Waals surface area contributed by atoms with Gasteiger partial charge >= 0.3 is 12.3 Å². The number of carbonyl (C=O) groups is 1. The quantitative estimate of drug-likeness (QED) is 0.546. The highest BCUT2D eigenvalue weighted by atomic mass is 19.4. The van der Waals surface area contributed by atoms with Crippen molar-refractivity contribution in [2.75, 3.05) is 0 Å². The summed E-state index contributed by atoms with van der Waals surface area (Å²) in [7, 11) is 0. The average Bonchev–Trinajstić information content (AvgIpc) is 2.54. The molecule has 1 aromatic carbocycles. The van der Waals surface area contributed by atoms with E-state index in [0.29, 0.717) is 11.8 Å². The molecule has 0 saturated heterocycles. The number of aliphatic carboxylic acids is 1. The van der Waals surface area contributed by atoms with Crippen LogP contribution >= 0.6 is 0 Å². The van der Waals surface area contributed by atoms with Crippen LogP contribution in [0.3, 0.4) is 0 Å². The van der Waals surface area contributed by atoms with Gasteiger partial charge in [0.2, 0.25) is 0 Å². The van der Waals surface area contributed by atoms with E-state index in [4.69, 9.17) is 5.11 Å². The lowest BCUT2D eigenvalue weighted by Gasteiger charge is -2.28. The molecule has 0 atom stereocenters. The number of ether oxygens (including phenoxy) is 1. The largest absolute Gasteiger partial charge is 0.573 e. The van der Waals surface area contributed by atoms with E-state index in [1.54, 1.807) is 18.2 Å². The summed E-state index contributed by atoms with van der Waals surface area (Å²) in [6, 6.07) is 6.16. The summed E-state index contributed by atoms with van der Waals surface area (Å²) < 4.78 is 40.4. The second-order valence-electron chi connectivity index (χ2n) is 6.20. The fourth-order valence-corrected chi connectivity index (χ4v) is 3.16. The number of allylic oxidation sites excluding steroid dienone is 3. The minimum atomic E-state index is -4.66. The second kappa shape index (κ2) is 8.74. The molecule has 0 aromatic heterocycles. The van der Waals surface area contributed by atoms with Crippen LogP contribution in [-0.4, -0.2) is 17.4 Å². The van der Waals surface area contributed by atoms with Crippen molar-refractivity contribution < 1.29 is 27.8 Å². The van der Waals surface area contributed by atoms with Gasteiger partial charge < -0.3 is 9.84 Å². The van der Waals surface area contributed by atoms with Crippen LogP contribution in [0.2, 0.25) is 0 Å². The van der Waals surface area contributed by atoms with E-state index in [1.807, 2.05) is 6.08 Å². The molecule has 0 amide bonds. The van der Waals surface area contributed by atoms with Crippen LogP contribution in [0, 0.1) is 5.92 Å². The average molecular weight is 354 g/mol. The second-order valence-corrected chi connectivity index (χ2v) is 6.20. The summed E-state index contributed by atoms with van der Waals surface area (Å²) >= 11 is 0. The molecule has 0 radical (unpaired) electrons. The van der Waals surface area contributed by atoms with Crippen molar-refractivity contribution in [1.82, 2.24) is 0 Å². The molecule has 1 fully saturated rings. The molecule has 1 N–H and O–H groups in total. The Hall–Kier alpha value is -2.24. The summed E-state index contributed by atoms with van der Waals surface area (Å²) in [5, 5.41) is 8.49. The van der Waals surface area contributed by atoms with Crippen molar-refractivity contribution in [3.63, 3.8) is 0 Å². The Morgan fingerprint density at radius 3 is 2.32 bits per heavy atom. The number of halogens is 3. The van der Waals surface area contributed by atoms with Gasteiger partial charge in [-0.05, 0) is 61.6 Å². The van der Waals surface area contributed by atoms with Crippen LogP contribution in [0.25, 0.3) is 0 Å². The van der Waals surface area contributed by atoms with Gasteiger partial charge in [-0.2, -0.15) is 0 Å². The Morgan fingerprint density at radius 2 is 1.76 bits per heavy atom. The van der Waals surface area contributed by atoms with Crippen molar-refractivity contribution >= 4 is 5.97 Å². The van der Waals surface area contributed by atoms with E-state index in [1.165, 1.54) is 18.2 Å². The summed E-state index contributed by atoms with van der Waals surface area (Å²) in [4.78, 5) is 10.3. The lowest BCUT2D eigenvalue weighted by molar-refractivity contribution is -0.274. The van der Waals surface area contributed by atoms with Gasteiger partial charge in [0.25, 0.3) is 0 Å². The number of carboxylic acid groups (broad SMARTS) is 1. The minimum absolute atomic E-state index is 0.190. The smallest absolute Gasteiger partial charge is 0.478 e. The maximum Gasteiger partial charge on any atom is 0.573 e. The van der Waals surface area contributed by atoms with E-state index < -0.39 is 12.3 Å². The SMILES string of the molecule is O=C(O)C=CC=CCC1CCC(c2ccc(OC(F)(F)F)cc2)CC1. The third-order valence-corrected chi connectivity index (χ3v) is 4.39. The van der Waals surface area contributed by atoms with Crippen LogP contribution in [0.1, 0.15) is 43.6 Å². The first kappa shape index (κ1) is 19.1. The zero-order valence-electron chi connectivity index (χ0n) is 13.7. The molecule has 0 bridgehead atoms. The Morgan fingerprint density at radius 1 is 1.12 bits per heavy atom. The molecule has 1 aliphatic rings. The first-order valence-corrected chi connectivity index (χ1v) is 8.25. The zero-order valence-corrected chi connectivity index (χ0v) is 13.7. The molecule has 25 heavy (non-hydrogen) atoms. The van der Waals surface area contributed by atoms with E-state index in [2.05, 4.69) is 4.74 Å². The van der Waals surface area contributed by atoms with Gasteiger partial charge in [-0.3, -0.25) is 0 Å². The number of alkyl halides is 3. The summed E-state index contributed by atoms with van der Waals surface area (Å²) in [5.74, 6) is -0.216. The number of carboxylic acids is 1. The lowest BCUT2D eigenvalue weighted by atomic mass is 9.77. The third-order valence-electron chi connectivity index (χ3n) is 4.39. The van der Waals surface area contributed by atoms with Crippen LogP contribution in [0.15, 0.2) is 48.6 Å². The van der Waals surface area contributed by atoms with Crippen molar-refractivity contribution in [3.8, 4) is 5.75 Å². The number of hydrogen-bond acceptors (Lipinski definition) is 2. The number of benzene rings is 1. The fraction of sp³-hybridized carbons (Fsp3) is 0.421. The molecule has 2 rings (SSSR count). The molecule has 6 heteroatoms.